The largest absolute Gasteiger partial charge is 0.491 e. The molecule has 0 spiro atoms. The molecule has 0 saturated carbocycles. The van der Waals surface area contributed by atoms with Crippen LogP contribution in [0.15, 0.2) is 17.7 Å². The summed E-state index contributed by atoms with van der Waals surface area (Å²) in [5.74, 6) is 0.763. The molecule has 0 radical (unpaired) electrons. The highest BCUT2D eigenvalue weighted by Gasteiger charge is 2.52. The van der Waals surface area contributed by atoms with Gasteiger partial charge < -0.3 is 20.8 Å². The fraction of sp³-hybridized carbons (Fsp3) is 0.500. The van der Waals surface area contributed by atoms with Crippen LogP contribution >= 0.6 is 11.8 Å². The summed E-state index contributed by atoms with van der Waals surface area (Å²) < 4.78 is 12.2. The zero-order valence-electron chi connectivity index (χ0n) is 14.8. The lowest BCUT2D eigenvalue weighted by Gasteiger charge is -2.32. The first-order valence-electron chi connectivity index (χ1n) is 7.72. The molecule has 6 nitrogen and oxygen atoms in total. The van der Waals surface area contributed by atoms with Crippen molar-refractivity contribution in [2.75, 3.05) is 17.2 Å². The lowest BCUT2D eigenvalue weighted by atomic mass is 9.78. The molecule has 24 heavy (non-hydrogen) atoms. The smallest absolute Gasteiger partial charge is 0.400 e. The van der Waals surface area contributed by atoms with Crippen LogP contribution in [0, 0.1) is 0 Å². The number of hydrogen-bond donors (Lipinski definition) is 2. The first-order chi connectivity index (χ1) is 11.0. The van der Waals surface area contributed by atoms with E-state index in [1.165, 1.54) is 18.7 Å². The first kappa shape index (κ1) is 18.8. The minimum absolute atomic E-state index is 0.0346. The van der Waals surface area contributed by atoms with Gasteiger partial charge >= 0.3 is 7.12 Å². The molecule has 0 atom stereocenters. The van der Waals surface area contributed by atoms with E-state index < -0.39 is 18.3 Å². The fourth-order valence-electron chi connectivity index (χ4n) is 2.16. The van der Waals surface area contributed by atoms with Gasteiger partial charge in [0.25, 0.3) is 0 Å². The summed E-state index contributed by atoms with van der Waals surface area (Å²) in [6.07, 6.45) is 3.52. The highest BCUT2D eigenvalue weighted by molar-refractivity contribution is 8.13. The van der Waals surface area contributed by atoms with Crippen LogP contribution in [0.25, 0.3) is 6.08 Å². The summed E-state index contributed by atoms with van der Waals surface area (Å²) in [5, 5.41) is 0.0346. The third-order valence-corrected chi connectivity index (χ3v) is 5.20. The van der Waals surface area contributed by atoms with E-state index in [1.54, 1.807) is 12.3 Å². The third-order valence-electron chi connectivity index (χ3n) is 4.32. The average Bonchev–Trinajstić information content (AvgIpc) is 2.67. The summed E-state index contributed by atoms with van der Waals surface area (Å²) in [6, 6.07) is 1.74. The number of thioether (sulfide) groups is 1. The molecule has 1 fully saturated rings. The van der Waals surface area contributed by atoms with E-state index >= 15 is 0 Å². The van der Waals surface area contributed by atoms with E-state index in [0.29, 0.717) is 17.3 Å². The molecule has 4 N–H and O–H groups in total. The number of hydrogen-bond acceptors (Lipinski definition) is 7. The number of nitrogens with zero attached hydrogens (tertiary/aromatic N) is 1. The summed E-state index contributed by atoms with van der Waals surface area (Å²) in [4.78, 5) is 15.4. The number of nitrogens with two attached hydrogens (primary N) is 2. The van der Waals surface area contributed by atoms with Crippen LogP contribution in [0.1, 0.15) is 40.2 Å². The first-order valence-corrected chi connectivity index (χ1v) is 8.71. The molecule has 2 rings (SSSR count). The Balaban J connectivity index is 2.33. The Morgan fingerprint density at radius 3 is 2.38 bits per heavy atom. The molecule has 0 aliphatic carbocycles. The minimum Gasteiger partial charge on any atom is -0.400 e. The van der Waals surface area contributed by atoms with E-state index in [4.69, 9.17) is 20.8 Å². The number of carbonyl (C=O) groups is 1. The van der Waals surface area contributed by atoms with Gasteiger partial charge in [0.15, 0.2) is 5.12 Å². The predicted molar refractivity (Wildman–Crippen MR) is 100 cm³/mol. The van der Waals surface area contributed by atoms with Crippen molar-refractivity contribution < 1.29 is 14.1 Å². The maximum absolute atomic E-state index is 11.4. The van der Waals surface area contributed by atoms with Crippen molar-refractivity contribution in [3.63, 3.8) is 0 Å². The molecule has 1 saturated heterocycles. The van der Waals surface area contributed by atoms with E-state index in [1.807, 2.05) is 33.8 Å². The van der Waals surface area contributed by atoms with Crippen molar-refractivity contribution in [2.45, 2.75) is 45.8 Å². The van der Waals surface area contributed by atoms with Crippen molar-refractivity contribution in [3.05, 3.63) is 23.3 Å². The van der Waals surface area contributed by atoms with Gasteiger partial charge in [-0.3, -0.25) is 4.79 Å². The third kappa shape index (κ3) is 4.12. The molecule has 0 amide bonds. The Labute approximate surface area is 147 Å². The van der Waals surface area contributed by atoms with Crippen LogP contribution in [0.2, 0.25) is 0 Å². The van der Waals surface area contributed by atoms with Crippen molar-refractivity contribution in [1.82, 2.24) is 4.98 Å². The van der Waals surface area contributed by atoms with Crippen molar-refractivity contribution >= 4 is 41.6 Å². The highest BCUT2D eigenvalue weighted by atomic mass is 32.2. The van der Waals surface area contributed by atoms with Crippen LogP contribution in [-0.2, 0) is 14.1 Å². The molecular weight excluding hydrogens is 325 g/mol. The standard InChI is InChI=1S/C16H24BN3O3S/c1-10(21)24-9-12(6-11-7-13(18)14(19)20-8-11)17-22-15(2,3)16(4,5)23-17/h6-8H,9,18H2,1-5H3,(H2,19,20). The monoisotopic (exact) mass is 349 g/mol. The molecule has 0 aromatic carbocycles. The maximum atomic E-state index is 11.4. The van der Waals surface area contributed by atoms with E-state index in [-0.39, 0.29) is 5.12 Å². The summed E-state index contributed by atoms with van der Waals surface area (Å²) >= 11 is 1.21. The summed E-state index contributed by atoms with van der Waals surface area (Å²) in [6.45, 7) is 9.50. The molecule has 1 aliphatic rings. The summed E-state index contributed by atoms with van der Waals surface area (Å²) in [7, 11) is -0.527. The van der Waals surface area contributed by atoms with Gasteiger partial charge in [0.2, 0.25) is 0 Å². The number of aromatic nitrogens is 1. The normalized spacial score (nSPS) is 19.5. The molecule has 1 aliphatic heterocycles. The van der Waals surface area contributed by atoms with Gasteiger partial charge in [-0.25, -0.2) is 4.98 Å². The average molecular weight is 349 g/mol. The molecule has 2 heterocycles. The second kappa shape index (κ2) is 6.78. The van der Waals surface area contributed by atoms with Crippen LogP contribution in [-0.4, -0.2) is 34.2 Å². The van der Waals surface area contributed by atoms with Gasteiger partial charge in [-0.05, 0) is 44.8 Å². The Hall–Kier alpha value is -1.51. The lowest BCUT2D eigenvalue weighted by molar-refractivity contribution is -0.109. The Morgan fingerprint density at radius 2 is 1.88 bits per heavy atom. The predicted octanol–water partition coefficient (Wildman–Crippen LogP) is 2.54. The topological polar surface area (TPSA) is 100 Å². The molecule has 0 bridgehead atoms. The van der Waals surface area contributed by atoms with Crippen LogP contribution < -0.4 is 11.5 Å². The molecular formula is C16H24BN3O3S. The maximum Gasteiger partial charge on any atom is 0.491 e. The SMILES string of the molecule is CC(=O)SCC(=Cc1cnc(N)c(N)c1)B1OC(C)(C)C(C)(C)O1. The minimum atomic E-state index is -0.527. The van der Waals surface area contributed by atoms with Crippen LogP contribution in [0.5, 0.6) is 0 Å². The van der Waals surface area contributed by atoms with E-state index in [9.17, 15) is 4.79 Å². The number of carbonyl (C=O) groups excluding carboxylic acids is 1. The van der Waals surface area contributed by atoms with Crippen molar-refractivity contribution in [3.8, 4) is 0 Å². The second-order valence-electron chi connectivity index (χ2n) is 6.83. The summed E-state index contributed by atoms with van der Waals surface area (Å²) in [5.41, 5.74) is 12.6. The Morgan fingerprint density at radius 1 is 1.29 bits per heavy atom. The number of anilines is 2. The number of nitrogen functional groups attached to an aromatic ring is 2. The molecule has 1 aromatic rings. The van der Waals surface area contributed by atoms with Gasteiger partial charge in [0.1, 0.15) is 5.82 Å². The van der Waals surface area contributed by atoms with Gasteiger partial charge in [-0.1, -0.05) is 17.8 Å². The Kier molecular flexibility index (Phi) is 5.32. The van der Waals surface area contributed by atoms with Gasteiger partial charge in [0, 0.05) is 18.9 Å². The quantitative estimate of drug-likeness (QED) is 0.806. The lowest BCUT2D eigenvalue weighted by Crippen LogP contribution is -2.41. The number of pyridine rings is 1. The molecule has 8 heteroatoms. The van der Waals surface area contributed by atoms with Crippen molar-refractivity contribution in [2.24, 2.45) is 0 Å². The van der Waals surface area contributed by atoms with Crippen LogP contribution in [0.3, 0.4) is 0 Å². The van der Waals surface area contributed by atoms with E-state index in [0.717, 1.165) is 11.0 Å². The number of rotatable bonds is 4. The van der Waals surface area contributed by atoms with E-state index in [2.05, 4.69) is 4.98 Å². The molecule has 130 valence electrons. The Bertz CT molecular complexity index is 661. The second-order valence-corrected chi connectivity index (χ2v) is 7.98. The molecule has 0 unspecified atom stereocenters. The van der Waals surface area contributed by atoms with Gasteiger partial charge in [-0.15, -0.1) is 0 Å². The highest BCUT2D eigenvalue weighted by Crippen LogP contribution is 2.39. The zero-order chi connectivity index (χ0) is 18.1. The van der Waals surface area contributed by atoms with Gasteiger partial charge in [0.05, 0.1) is 16.9 Å². The van der Waals surface area contributed by atoms with Gasteiger partial charge in [-0.2, -0.15) is 0 Å². The molecule has 1 aromatic heterocycles. The zero-order valence-corrected chi connectivity index (χ0v) is 15.6. The fourth-order valence-corrected chi connectivity index (χ4v) is 2.75. The van der Waals surface area contributed by atoms with Crippen LogP contribution in [0.4, 0.5) is 11.5 Å². The van der Waals surface area contributed by atoms with Crippen molar-refractivity contribution in [1.29, 1.82) is 0 Å².